The maximum absolute atomic E-state index is 12.2. The monoisotopic (exact) mass is 476 g/mol. The number of carbonyl (C=O) groups excluding carboxylic acids is 3. The third-order valence-corrected chi connectivity index (χ3v) is 6.87. The van der Waals surface area contributed by atoms with Crippen LogP contribution < -0.4 is 5.32 Å². The third-order valence-electron chi connectivity index (χ3n) is 6.32. The van der Waals surface area contributed by atoms with Gasteiger partial charge in [-0.2, -0.15) is 4.98 Å². The highest BCUT2D eigenvalue weighted by molar-refractivity contribution is 7.98. The van der Waals surface area contributed by atoms with E-state index in [4.69, 9.17) is 14.2 Å². The fraction of sp³-hybridized carbons (Fsp3) is 0.591. The summed E-state index contributed by atoms with van der Waals surface area (Å²) < 4.78 is 16.9. The lowest BCUT2D eigenvalue weighted by molar-refractivity contribution is -0.144. The molecule has 11 heteroatoms. The molecule has 10 nitrogen and oxygen atoms in total. The lowest BCUT2D eigenvalue weighted by Gasteiger charge is -2.20. The molecule has 1 amide bonds. The molecule has 4 atom stereocenters. The Kier molecular flexibility index (Phi) is 6.89. The molecule has 0 bridgehead atoms. The van der Waals surface area contributed by atoms with E-state index in [0.717, 1.165) is 18.4 Å². The summed E-state index contributed by atoms with van der Waals surface area (Å²) in [6.45, 7) is 6.10. The van der Waals surface area contributed by atoms with Gasteiger partial charge in [0.15, 0.2) is 0 Å². The molecule has 33 heavy (non-hydrogen) atoms. The summed E-state index contributed by atoms with van der Waals surface area (Å²) in [6, 6.07) is 0. The molecule has 3 aliphatic rings. The summed E-state index contributed by atoms with van der Waals surface area (Å²) in [5.74, 6) is -1.02. The van der Waals surface area contributed by atoms with Crippen molar-refractivity contribution in [1.29, 1.82) is 0 Å². The van der Waals surface area contributed by atoms with Crippen molar-refractivity contribution in [1.82, 2.24) is 15.2 Å². The number of nitrogens with zero attached hydrogens (tertiary/aromatic N) is 2. The average molecular weight is 477 g/mol. The van der Waals surface area contributed by atoms with Crippen molar-refractivity contribution in [2.24, 2.45) is 5.92 Å². The van der Waals surface area contributed by atoms with Crippen molar-refractivity contribution in [3.05, 3.63) is 23.8 Å². The van der Waals surface area contributed by atoms with Crippen LogP contribution in [-0.2, 0) is 28.6 Å². The van der Waals surface area contributed by atoms with E-state index in [1.807, 2.05) is 13.2 Å². The van der Waals surface area contributed by atoms with E-state index in [0.29, 0.717) is 23.6 Å². The second-order valence-electron chi connectivity index (χ2n) is 8.67. The predicted molar refractivity (Wildman–Crippen MR) is 119 cm³/mol. The van der Waals surface area contributed by atoms with E-state index in [1.54, 1.807) is 0 Å². The van der Waals surface area contributed by atoms with Gasteiger partial charge < -0.3 is 14.2 Å². The Hall–Kier alpha value is -2.66. The summed E-state index contributed by atoms with van der Waals surface area (Å²) in [5.41, 5.74) is 1.15. The highest BCUT2D eigenvalue weighted by Crippen LogP contribution is 2.49. The van der Waals surface area contributed by atoms with Crippen LogP contribution in [0.25, 0.3) is 0 Å². The molecule has 0 unspecified atom stereocenters. The minimum absolute atomic E-state index is 0.0205. The van der Waals surface area contributed by atoms with E-state index in [-0.39, 0.29) is 61.0 Å². The number of H-pyrrole nitrogens is 1. The molecule has 1 aromatic heterocycles. The van der Waals surface area contributed by atoms with Gasteiger partial charge in [-0.3, -0.25) is 14.9 Å². The zero-order chi connectivity index (χ0) is 23.6. The summed E-state index contributed by atoms with van der Waals surface area (Å²) in [7, 11) is 0. The summed E-state index contributed by atoms with van der Waals surface area (Å²) in [4.78, 5) is 40.3. The number of fused-ring (bicyclic) bond motifs is 3. The molecule has 2 aliphatic heterocycles. The van der Waals surface area contributed by atoms with Crippen LogP contribution in [-0.4, -0.2) is 63.7 Å². The highest BCUT2D eigenvalue weighted by atomic mass is 32.2. The fourth-order valence-corrected chi connectivity index (χ4v) is 4.62. The van der Waals surface area contributed by atoms with Crippen LogP contribution in [0.5, 0.6) is 0 Å². The molecule has 0 saturated carbocycles. The maximum Gasteiger partial charge on any atom is 0.334 e. The first kappa shape index (κ1) is 23.5. The number of aromatic nitrogens is 3. The van der Waals surface area contributed by atoms with Gasteiger partial charge in [-0.15, -0.1) is 5.10 Å². The Balaban J connectivity index is 1.26. The summed E-state index contributed by atoms with van der Waals surface area (Å²) in [5, 5.41) is 9.60. The molecule has 0 radical (unpaired) electrons. The van der Waals surface area contributed by atoms with Crippen molar-refractivity contribution >= 4 is 35.6 Å². The Morgan fingerprint density at radius 3 is 3.00 bits per heavy atom. The molecular weight excluding hydrogens is 448 g/mol. The van der Waals surface area contributed by atoms with Gasteiger partial charge in [0.2, 0.25) is 17.0 Å². The second kappa shape index (κ2) is 9.68. The van der Waals surface area contributed by atoms with Crippen LogP contribution in [0.15, 0.2) is 29.0 Å². The van der Waals surface area contributed by atoms with Crippen molar-refractivity contribution in [2.45, 2.75) is 68.4 Å². The Morgan fingerprint density at radius 2 is 2.24 bits per heavy atom. The molecular formula is C22H28N4O6S. The van der Waals surface area contributed by atoms with Crippen molar-refractivity contribution in [3.63, 3.8) is 0 Å². The van der Waals surface area contributed by atoms with Gasteiger partial charge in [0.1, 0.15) is 18.8 Å². The van der Waals surface area contributed by atoms with Gasteiger partial charge in [0.05, 0.1) is 12.0 Å². The number of ether oxygens (including phenoxy) is 3. The van der Waals surface area contributed by atoms with Gasteiger partial charge in [-0.25, -0.2) is 9.89 Å². The van der Waals surface area contributed by atoms with E-state index < -0.39 is 5.97 Å². The zero-order valence-corrected chi connectivity index (χ0v) is 19.5. The van der Waals surface area contributed by atoms with Crippen LogP contribution >= 0.6 is 11.8 Å². The van der Waals surface area contributed by atoms with Gasteiger partial charge in [-0.1, -0.05) is 24.4 Å². The molecule has 1 aromatic rings. The molecule has 2 fully saturated rings. The minimum Gasteiger partial charge on any atom is -0.461 e. The Morgan fingerprint density at radius 1 is 1.42 bits per heavy atom. The zero-order valence-electron chi connectivity index (χ0n) is 18.7. The smallest absolute Gasteiger partial charge is 0.334 e. The van der Waals surface area contributed by atoms with Gasteiger partial charge in [0, 0.05) is 17.9 Å². The van der Waals surface area contributed by atoms with Crippen molar-refractivity contribution in [3.8, 4) is 0 Å². The molecule has 2 N–H and O–H groups in total. The minimum atomic E-state index is -0.454. The number of amides is 1. The molecule has 178 valence electrons. The molecule has 4 rings (SSSR count). The quantitative estimate of drug-likeness (QED) is 0.200. The molecule has 0 aromatic carbocycles. The first-order valence-corrected chi connectivity index (χ1v) is 12.2. The number of hydrogen-bond acceptors (Lipinski definition) is 9. The van der Waals surface area contributed by atoms with Gasteiger partial charge in [-0.05, 0) is 44.4 Å². The number of aromatic amines is 1. The number of carbonyl (C=O) groups is 3. The Bertz CT molecular complexity index is 991. The molecule has 3 heterocycles. The van der Waals surface area contributed by atoms with Crippen LogP contribution in [0.1, 0.15) is 45.4 Å². The number of allylic oxidation sites excluding steroid dienone is 1. The normalized spacial score (nSPS) is 30.4. The average Bonchev–Trinajstić information content (AvgIpc) is 3.10. The number of nitrogens with one attached hydrogen (secondary N) is 2. The van der Waals surface area contributed by atoms with Crippen LogP contribution in [0.3, 0.4) is 0 Å². The largest absolute Gasteiger partial charge is 0.461 e. The topological polar surface area (TPSA) is 136 Å². The third kappa shape index (κ3) is 5.47. The maximum atomic E-state index is 12.2. The highest BCUT2D eigenvalue weighted by Gasteiger charge is 2.61. The molecule has 2 saturated heterocycles. The SMILES string of the molecule is C=C1C(=O)O[C@H]2[C@H]1CC/C(COC(=O)CCC(=O)Nc1nc(SC)n[nH]1)=C\CC[C@@]1(C)O[C@@H]21. The van der Waals surface area contributed by atoms with Crippen molar-refractivity contribution < 1.29 is 28.6 Å². The van der Waals surface area contributed by atoms with Gasteiger partial charge >= 0.3 is 11.9 Å². The summed E-state index contributed by atoms with van der Waals surface area (Å²) >= 11 is 1.35. The first-order chi connectivity index (χ1) is 15.8. The van der Waals surface area contributed by atoms with E-state index in [9.17, 15) is 14.4 Å². The summed E-state index contributed by atoms with van der Waals surface area (Å²) in [6.07, 6.45) is 6.37. The molecule has 0 spiro atoms. The number of anilines is 1. The van der Waals surface area contributed by atoms with Gasteiger partial charge in [0.25, 0.3) is 0 Å². The van der Waals surface area contributed by atoms with E-state index in [1.165, 1.54) is 11.8 Å². The number of hydrogen-bond donors (Lipinski definition) is 2. The Labute approximate surface area is 195 Å². The molecule has 1 aliphatic carbocycles. The fourth-order valence-electron chi connectivity index (χ4n) is 4.30. The number of thioether (sulfide) groups is 1. The first-order valence-electron chi connectivity index (χ1n) is 11.0. The van der Waals surface area contributed by atoms with Crippen LogP contribution in [0, 0.1) is 5.92 Å². The van der Waals surface area contributed by atoms with Crippen LogP contribution in [0.4, 0.5) is 5.95 Å². The standard InChI is InChI=1S/C22H28N4O6S/c1-12-14-7-6-13(5-4-10-22(2)18(32-22)17(14)31-19(12)29)11-30-16(28)9-8-15(27)23-20-24-21(33-3)26-25-20/h5,14,17-18H,1,4,6-11H2,2-3H3,(H2,23,24,25,26,27)/b13-5+/t14-,17-,18-,22+/m0/s1. The van der Waals surface area contributed by atoms with Crippen molar-refractivity contribution in [2.75, 3.05) is 18.2 Å². The lowest BCUT2D eigenvalue weighted by atomic mass is 9.84. The number of epoxide rings is 1. The predicted octanol–water partition coefficient (Wildman–Crippen LogP) is 2.54. The lowest BCUT2D eigenvalue weighted by Crippen LogP contribution is -2.29. The van der Waals surface area contributed by atoms with E-state index in [2.05, 4.69) is 33.2 Å². The number of rotatable bonds is 7. The second-order valence-corrected chi connectivity index (χ2v) is 9.45. The van der Waals surface area contributed by atoms with Crippen LogP contribution in [0.2, 0.25) is 0 Å². The number of esters is 2. The van der Waals surface area contributed by atoms with E-state index >= 15 is 0 Å².